The first kappa shape index (κ1) is 20.0. The van der Waals surface area contributed by atoms with Crippen molar-refractivity contribution in [2.24, 2.45) is 0 Å². The number of carbonyl (C=O) groups is 1. The molecule has 1 atom stereocenters. The van der Waals surface area contributed by atoms with Crippen LogP contribution >= 0.6 is 0 Å². The minimum Gasteiger partial charge on any atom is -0.507 e. The van der Waals surface area contributed by atoms with Gasteiger partial charge in [-0.3, -0.25) is 4.79 Å². The minimum atomic E-state index is -1.14. The summed E-state index contributed by atoms with van der Waals surface area (Å²) in [6, 6.07) is 8.53. The number of ether oxygens (including phenoxy) is 1. The maximum Gasteiger partial charge on any atom is 0.200 e. The number of ketones is 1. The first-order valence-corrected chi connectivity index (χ1v) is 9.33. The molecule has 28 heavy (non-hydrogen) atoms. The Morgan fingerprint density at radius 3 is 2.39 bits per heavy atom. The molecule has 0 aromatic heterocycles. The number of benzene rings is 2. The number of allylic oxidation sites excluding steroid dienone is 2. The van der Waals surface area contributed by atoms with Gasteiger partial charge in [-0.1, -0.05) is 42.0 Å². The molecule has 1 aliphatic rings. The number of aliphatic hydroxyl groups is 1. The Morgan fingerprint density at radius 2 is 1.82 bits per heavy atom. The fourth-order valence-corrected chi connectivity index (χ4v) is 3.35. The average molecular weight is 382 g/mol. The van der Waals surface area contributed by atoms with Crippen LogP contribution in [0.2, 0.25) is 0 Å². The van der Waals surface area contributed by atoms with Crippen LogP contribution in [0, 0.1) is 0 Å². The van der Waals surface area contributed by atoms with E-state index in [1.807, 2.05) is 19.9 Å². The highest BCUT2D eigenvalue weighted by Crippen LogP contribution is 2.49. The lowest BCUT2D eigenvalue weighted by Crippen LogP contribution is -2.39. The summed E-state index contributed by atoms with van der Waals surface area (Å²) >= 11 is 0. The lowest BCUT2D eigenvalue weighted by Gasteiger charge is -2.25. The van der Waals surface area contributed by atoms with Crippen molar-refractivity contribution >= 4 is 5.78 Å². The molecule has 0 unspecified atom stereocenters. The Morgan fingerprint density at radius 1 is 1.18 bits per heavy atom. The first-order valence-electron chi connectivity index (χ1n) is 9.33. The summed E-state index contributed by atoms with van der Waals surface area (Å²) in [5.41, 5.74) is 1.05. The number of rotatable bonds is 5. The Kier molecular flexibility index (Phi) is 5.22. The molecule has 0 bridgehead atoms. The van der Waals surface area contributed by atoms with Gasteiger partial charge in [0, 0.05) is 23.1 Å². The van der Waals surface area contributed by atoms with Crippen LogP contribution < -0.4 is 4.74 Å². The van der Waals surface area contributed by atoms with Gasteiger partial charge >= 0.3 is 0 Å². The van der Waals surface area contributed by atoms with Crippen molar-refractivity contribution in [2.45, 2.75) is 52.2 Å². The summed E-state index contributed by atoms with van der Waals surface area (Å²) in [7, 11) is 0. The van der Waals surface area contributed by atoms with E-state index in [9.17, 15) is 20.1 Å². The molecule has 0 fully saturated rings. The highest BCUT2D eigenvalue weighted by atomic mass is 16.5. The molecule has 0 spiro atoms. The maximum atomic E-state index is 13.0. The SMILES string of the molecule is CC(C)=CCc1c(O)c(C(=O)c2ccccc2)c(O)c2c1O[C@H](C(C)(C)O)C2. The molecule has 148 valence electrons. The van der Waals surface area contributed by atoms with E-state index in [-0.39, 0.29) is 23.5 Å². The topological polar surface area (TPSA) is 87.0 Å². The predicted octanol–water partition coefficient (Wildman–Crippen LogP) is 3.91. The number of hydrogen-bond acceptors (Lipinski definition) is 5. The second kappa shape index (κ2) is 7.32. The third-order valence-corrected chi connectivity index (χ3v) is 5.01. The van der Waals surface area contributed by atoms with Gasteiger partial charge in [0.25, 0.3) is 0 Å². The highest BCUT2D eigenvalue weighted by Gasteiger charge is 2.40. The van der Waals surface area contributed by atoms with Crippen LogP contribution in [-0.4, -0.2) is 32.8 Å². The van der Waals surface area contributed by atoms with Gasteiger partial charge in [0.05, 0.1) is 5.60 Å². The number of phenolic OH excluding ortho intramolecular Hbond substituents is 2. The predicted molar refractivity (Wildman–Crippen MR) is 107 cm³/mol. The molecular weight excluding hydrogens is 356 g/mol. The smallest absolute Gasteiger partial charge is 0.200 e. The van der Waals surface area contributed by atoms with Crippen molar-refractivity contribution in [3.63, 3.8) is 0 Å². The number of carbonyl (C=O) groups excluding carboxylic acids is 1. The van der Waals surface area contributed by atoms with E-state index in [0.717, 1.165) is 5.57 Å². The second-order valence-electron chi connectivity index (χ2n) is 8.00. The monoisotopic (exact) mass is 382 g/mol. The Bertz CT molecular complexity index is 932. The van der Waals surface area contributed by atoms with Crippen molar-refractivity contribution in [1.82, 2.24) is 0 Å². The number of phenols is 2. The third-order valence-electron chi connectivity index (χ3n) is 5.01. The summed E-state index contributed by atoms with van der Waals surface area (Å²) in [6.45, 7) is 7.14. The third kappa shape index (κ3) is 3.62. The molecule has 3 rings (SSSR count). The quantitative estimate of drug-likeness (QED) is 0.539. The van der Waals surface area contributed by atoms with Crippen molar-refractivity contribution in [3.8, 4) is 17.2 Å². The van der Waals surface area contributed by atoms with Crippen LogP contribution in [0.15, 0.2) is 42.0 Å². The molecule has 1 aliphatic heterocycles. The number of fused-ring (bicyclic) bond motifs is 1. The zero-order valence-corrected chi connectivity index (χ0v) is 16.6. The molecule has 2 aromatic rings. The standard InChI is InChI=1S/C23H26O5/c1-13(2)10-11-15-20(25)18(19(24)14-8-6-5-7-9-14)21(26)16-12-17(23(3,4)27)28-22(15)16/h5-10,17,25-27H,11-12H2,1-4H3/t17-/m0/s1. The van der Waals surface area contributed by atoms with Crippen LogP contribution in [0.3, 0.4) is 0 Å². The molecule has 5 heteroatoms. The van der Waals surface area contributed by atoms with Gasteiger partial charge in [-0.05, 0) is 34.1 Å². The van der Waals surface area contributed by atoms with Crippen LogP contribution in [0.25, 0.3) is 0 Å². The van der Waals surface area contributed by atoms with Crippen molar-refractivity contribution in [2.75, 3.05) is 0 Å². The van der Waals surface area contributed by atoms with Crippen molar-refractivity contribution in [3.05, 3.63) is 64.2 Å². The van der Waals surface area contributed by atoms with E-state index >= 15 is 0 Å². The van der Waals surface area contributed by atoms with Crippen molar-refractivity contribution in [1.29, 1.82) is 0 Å². The second-order valence-corrected chi connectivity index (χ2v) is 8.00. The van der Waals surface area contributed by atoms with Gasteiger partial charge < -0.3 is 20.1 Å². The zero-order chi connectivity index (χ0) is 20.6. The molecule has 2 aromatic carbocycles. The van der Waals surface area contributed by atoms with Gasteiger partial charge in [-0.25, -0.2) is 0 Å². The lowest BCUT2D eigenvalue weighted by atomic mass is 9.91. The van der Waals surface area contributed by atoms with Crippen LogP contribution in [0.4, 0.5) is 0 Å². The summed E-state index contributed by atoms with van der Waals surface area (Å²) in [4.78, 5) is 13.0. The summed E-state index contributed by atoms with van der Waals surface area (Å²) < 4.78 is 5.93. The normalized spacial score (nSPS) is 15.7. The van der Waals surface area contributed by atoms with Crippen molar-refractivity contribution < 1.29 is 24.9 Å². The van der Waals surface area contributed by atoms with E-state index in [1.54, 1.807) is 44.2 Å². The fourth-order valence-electron chi connectivity index (χ4n) is 3.35. The molecule has 0 radical (unpaired) electrons. The largest absolute Gasteiger partial charge is 0.507 e. The molecule has 0 aliphatic carbocycles. The van der Waals surface area contributed by atoms with Gasteiger partial charge in [0.15, 0.2) is 0 Å². The minimum absolute atomic E-state index is 0.123. The fraction of sp³-hybridized carbons (Fsp3) is 0.348. The van der Waals surface area contributed by atoms with E-state index in [4.69, 9.17) is 4.74 Å². The molecule has 1 heterocycles. The van der Waals surface area contributed by atoms with Gasteiger partial charge in [0.2, 0.25) is 5.78 Å². The molecule has 5 nitrogen and oxygen atoms in total. The zero-order valence-electron chi connectivity index (χ0n) is 16.6. The summed E-state index contributed by atoms with van der Waals surface area (Å²) in [5, 5.41) is 32.1. The number of aromatic hydroxyl groups is 2. The molecule has 0 saturated heterocycles. The molecule has 0 saturated carbocycles. The number of hydrogen-bond donors (Lipinski definition) is 3. The van der Waals surface area contributed by atoms with Crippen LogP contribution in [0.5, 0.6) is 17.2 Å². The van der Waals surface area contributed by atoms with Crippen LogP contribution in [0.1, 0.15) is 54.7 Å². The Balaban J connectivity index is 2.19. The van der Waals surface area contributed by atoms with Gasteiger partial charge in [-0.15, -0.1) is 0 Å². The molecule has 3 N–H and O–H groups in total. The van der Waals surface area contributed by atoms with E-state index in [2.05, 4.69) is 0 Å². The van der Waals surface area contributed by atoms with Crippen LogP contribution in [-0.2, 0) is 12.8 Å². The summed E-state index contributed by atoms with van der Waals surface area (Å²) in [6.07, 6.45) is 1.94. The Hall–Kier alpha value is -2.79. The average Bonchev–Trinajstić information content (AvgIpc) is 3.08. The Labute approximate surface area is 164 Å². The summed E-state index contributed by atoms with van der Waals surface area (Å²) in [5.74, 6) is -0.666. The van der Waals surface area contributed by atoms with Gasteiger partial charge in [0.1, 0.15) is 28.9 Å². The molecular formula is C23H26O5. The highest BCUT2D eigenvalue weighted by molar-refractivity contribution is 6.13. The lowest BCUT2D eigenvalue weighted by molar-refractivity contribution is -0.0232. The van der Waals surface area contributed by atoms with E-state index in [0.29, 0.717) is 28.9 Å². The van der Waals surface area contributed by atoms with E-state index < -0.39 is 17.5 Å². The van der Waals surface area contributed by atoms with Gasteiger partial charge in [-0.2, -0.15) is 0 Å². The first-order chi connectivity index (χ1) is 13.1. The van der Waals surface area contributed by atoms with E-state index in [1.165, 1.54) is 0 Å². The maximum absolute atomic E-state index is 13.0. The molecule has 0 amide bonds.